The van der Waals surface area contributed by atoms with Gasteiger partial charge in [-0.1, -0.05) is 30.3 Å². The van der Waals surface area contributed by atoms with Crippen molar-refractivity contribution in [3.8, 4) is 11.4 Å². The minimum Gasteiger partial charge on any atom is -0.365 e. The van der Waals surface area contributed by atoms with Crippen molar-refractivity contribution in [2.45, 2.75) is 0 Å². The Morgan fingerprint density at radius 3 is 2.38 bits per heavy atom. The summed E-state index contributed by atoms with van der Waals surface area (Å²) < 4.78 is 1.70. The van der Waals surface area contributed by atoms with E-state index in [1.807, 2.05) is 35.2 Å². The van der Waals surface area contributed by atoms with E-state index in [9.17, 15) is 9.59 Å². The molecule has 1 fully saturated rings. The number of amides is 2. The predicted molar refractivity (Wildman–Crippen MR) is 107 cm³/mol. The fraction of sp³-hybridized carbons (Fsp3) is 0.250. The maximum Gasteiger partial charge on any atom is 0.289 e. The van der Waals surface area contributed by atoms with E-state index in [1.165, 1.54) is 6.20 Å². The number of rotatable bonds is 4. The highest BCUT2D eigenvalue weighted by molar-refractivity contribution is 5.97. The molecule has 3 heterocycles. The molecule has 1 aliphatic rings. The lowest BCUT2D eigenvalue weighted by molar-refractivity contribution is 0.0730. The first kappa shape index (κ1) is 18.6. The summed E-state index contributed by atoms with van der Waals surface area (Å²) in [6.45, 7) is 2.05. The van der Waals surface area contributed by atoms with Gasteiger partial charge in [0.05, 0.1) is 0 Å². The van der Waals surface area contributed by atoms with Gasteiger partial charge < -0.3 is 20.1 Å². The molecule has 9 heteroatoms. The van der Waals surface area contributed by atoms with Crippen molar-refractivity contribution in [3.05, 3.63) is 60.3 Å². The number of aromatic nitrogens is 4. The third kappa shape index (κ3) is 3.66. The molecule has 0 radical (unpaired) electrons. The van der Waals surface area contributed by atoms with Crippen LogP contribution in [0.5, 0.6) is 0 Å². The molecule has 0 bridgehead atoms. The SMILES string of the molecule is Cn1ccnc1C(=O)N1CCN(c2nc(-c3ccccc3)ncc2C(N)=O)CC1. The maximum atomic E-state index is 12.7. The average molecular weight is 391 g/mol. The Hall–Kier alpha value is -3.75. The van der Waals surface area contributed by atoms with Gasteiger partial charge in [0.25, 0.3) is 11.8 Å². The molecule has 0 unspecified atom stereocenters. The largest absolute Gasteiger partial charge is 0.365 e. The Labute approximate surface area is 167 Å². The van der Waals surface area contributed by atoms with Crippen LogP contribution in [0.15, 0.2) is 48.9 Å². The van der Waals surface area contributed by atoms with Gasteiger partial charge in [0.15, 0.2) is 11.6 Å². The van der Waals surface area contributed by atoms with Gasteiger partial charge in [0.1, 0.15) is 11.4 Å². The first-order chi connectivity index (χ1) is 14.0. The number of hydrogen-bond donors (Lipinski definition) is 1. The number of carbonyl (C=O) groups excluding carboxylic acids is 2. The van der Waals surface area contributed by atoms with Gasteiger partial charge in [-0.05, 0) is 0 Å². The van der Waals surface area contributed by atoms with Gasteiger partial charge in [-0.3, -0.25) is 9.59 Å². The molecule has 2 N–H and O–H groups in total. The number of benzene rings is 1. The first-order valence-corrected chi connectivity index (χ1v) is 9.28. The van der Waals surface area contributed by atoms with Crippen LogP contribution in [0.4, 0.5) is 5.82 Å². The maximum absolute atomic E-state index is 12.7. The third-order valence-electron chi connectivity index (χ3n) is 4.94. The first-order valence-electron chi connectivity index (χ1n) is 9.28. The predicted octanol–water partition coefficient (Wildman–Crippen LogP) is 0.938. The molecule has 2 aromatic heterocycles. The number of imidazole rings is 1. The van der Waals surface area contributed by atoms with E-state index >= 15 is 0 Å². The highest BCUT2D eigenvalue weighted by atomic mass is 16.2. The van der Waals surface area contributed by atoms with Crippen LogP contribution in [0.1, 0.15) is 21.0 Å². The number of primary amides is 1. The lowest BCUT2D eigenvalue weighted by atomic mass is 10.2. The van der Waals surface area contributed by atoms with Crippen LogP contribution < -0.4 is 10.6 Å². The molecular weight excluding hydrogens is 370 g/mol. The zero-order chi connectivity index (χ0) is 20.4. The van der Waals surface area contributed by atoms with Gasteiger partial charge >= 0.3 is 0 Å². The summed E-state index contributed by atoms with van der Waals surface area (Å²) in [6.07, 6.45) is 4.82. The molecule has 1 saturated heterocycles. The third-order valence-corrected chi connectivity index (χ3v) is 4.94. The number of aryl methyl sites for hydroxylation is 1. The molecule has 4 rings (SSSR count). The summed E-state index contributed by atoms with van der Waals surface area (Å²) in [4.78, 5) is 41.3. The Morgan fingerprint density at radius 1 is 1.03 bits per heavy atom. The van der Waals surface area contributed by atoms with Crippen LogP contribution in [-0.4, -0.2) is 62.4 Å². The Balaban J connectivity index is 1.56. The quantitative estimate of drug-likeness (QED) is 0.709. The molecule has 29 heavy (non-hydrogen) atoms. The van der Waals surface area contributed by atoms with Gasteiger partial charge in [-0.2, -0.15) is 0 Å². The molecule has 0 saturated carbocycles. The molecular formula is C20H21N7O2. The minimum atomic E-state index is -0.578. The highest BCUT2D eigenvalue weighted by Crippen LogP contribution is 2.23. The van der Waals surface area contributed by atoms with Crippen LogP contribution in [0.3, 0.4) is 0 Å². The van der Waals surface area contributed by atoms with Crippen molar-refractivity contribution < 1.29 is 9.59 Å². The summed E-state index contributed by atoms with van der Waals surface area (Å²) in [5, 5.41) is 0. The van der Waals surface area contributed by atoms with Crippen molar-refractivity contribution in [2.75, 3.05) is 31.1 Å². The number of nitrogens with zero attached hydrogens (tertiary/aromatic N) is 6. The fourth-order valence-electron chi connectivity index (χ4n) is 3.35. The number of piperazine rings is 1. The zero-order valence-electron chi connectivity index (χ0n) is 16.0. The lowest BCUT2D eigenvalue weighted by Crippen LogP contribution is -2.50. The van der Waals surface area contributed by atoms with Crippen molar-refractivity contribution in [2.24, 2.45) is 12.8 Å². The number of carbonyl (C=O) groups is 2. The van der Waals surface area contributed by atoms with E-state index in [0.29, 0.717) is 43.6 Å². The van der Waals surface area contributed by atoms with Crippen LogP contribution >= 0.6 is 0 Å². The summed E-state index contributed by atoms with van der Waals surface area (Å²) in [5.74, 6) is 0.739. The molecule has 9 nitrogen and oxygen atoms in total. The van der Waals surface area contributed by atoms with Crippen molar-refractivity contribution in [3.63, 3.8) is 0 Å². The van der Waals surface area contributed by atoms with Gasteiger partial charge in [0, 0.05) is 57.4 Å². The standard InChI is InChI=1S/C20H21N7O2/c1-25-8-7-22-19(25)20(29)27-11-9-26(10-12-27)18-15(16(21)28)13-23-17(24-18)14-5-3-2-4-6-14/h2-8,13H,9-12H2,1H3,(H2,21,28). The van der Waals surface area contributed by atoms with Crippen molar-refractivity contribution in [1.82, 2.24) is 24.4 Å². The molecule has 148 valence electrons. The van der Waals surface area contributed by atoms with Gasteiger partial charge in [0.2, 0.25) is 0 Å². The lowest BCUT2D eigenvalue weighted by Gasteiger charge is -2.35. The van der Waals surface area contributed by atoms with E-state index in [1.54, 1.807) is 28.9 Å². The Kier molecular flexibility index (Phi) is 4.94. The average Bonchev–Trinajstić information content (AvgIpc) is 3.19. The summed E-state index contributed by atoms with van der Waals surface area (Å²) >= 11 is 0. The molecule has 0 spiro atoms. The monoisotopic (exact) mass is 391 g/mol. The van der Waals surface area contributed by atoms with E-state index in [-0.39, 0.29) is 11.5 Å². The molecule has 0 aliphatic carbocycles. The molecule has 1 aromatic carbocycles. The van der Waals surface area contributed by atoms with Crippen LogP contribution in [-0.2, 0) is 7.05 Å². The van der Waals surface area contributed by atoms with Crippen molar-refractivity contribution in [1.29, 1.82) is 0 Å². The number of anilines is 1. The molecule has 1 aliphatic heterocycles. The smallest absolute Gasteiger partial charge is 0.289 e. The van der Waals surface area contributed by atoms with Crippen LogP contribution in [0, 0.1) is 0 Å². The molecule has 2 amide bonds. The highest BCUT2D eigenvalue weighted by Gasteiger charge is 2.27. The number of hydrogen-bond acceptors (Lipinski definition) is 6. The van der Waals surface area contributed by atoms with Crippen molar-refractivity contribution >= 4 is 17.6 Å². The molecule has 0 atom stereocenters. The second-order valence-electron chi connectivity index (χ2n) is 6.80. The van der Waals surface area contributed by atoms with Crippen LogP contribution in [0.2, 0.25) is 0 Å². The second kappa shape index (κ2) is 7.70. The minimum absolute atomic E-state index is 0.111. The second-order valence-corrected chi connectivity index (χ2v) is 6.80. The van der Waals surface area contributed by atoms with E-state index in [0.717, 1.165) is 5.56 Å². The number of nitrogens with two attached hydrogens (primary N) is 1. The van der Waals surface area contributed by atoms with Gasteiger partial charge in [-0.25, -0.2) is 15.0 Å². The van der Waals surface area contributed by atoms with E-state index in [4.69, 9.17) is 5.73 Å². The Morgan fingerprint density at radius 2 is 1.76 bits per heavy atom. The summed E-state index contributed by atoms with van der Waals surface area (Å²) in [7, 11) is 1.79. The van der Waals surface area contributed by atoms with E-state index < -0.39 is 5.91 Å². The topological polar surface area (TPSA) is 110 Å². The molecule has 3 aromatic rings. The fourth-order valence-corrected chi connectivity index (χ4v) is 3.35. The summed E-state index contributed by atoms with van der Waals surface area (Å²) in [5.41, 5.74) is 6.67. The summed E-state index contributed by atoms with van der Waals surface area (Å²) in [6, 6.07) is 9.55. The van der Waals surface area contributed by atoms with Gasteiger partial charge in [-0.15, -0.1) is 0 Å². The van der Waals surface area contributed by atoms with Crippen LogP contribution in [0.25, 0.3) is 11.4 Å². The normalized spacial score (nSPS) is 14.1. The Bertz CT molecular complexity index is 1040. The zero-order valence-corrected chi connectivity index (χ0v) is 16.0. The van der Waals surface area contributed by atoms with E-state index in [2.05, 4.69) is 15.0 Å².